The first-order valence-corrected chi connectivity index (χ1v) is 2.78. The zero-order chi connectivity index (χ0) is 7.28. The van der Waals surface area contributed by atoms with E-state index in [0.717, 1.165) is 0 Å². The van der Waals surface area contributed by atoms with Crippen molar-refractivity contribution in [1.82, 2.24) is 0 Å². The molecule has 0 aromatic carbocycles. The molecule has 0 aliphatic carbocycles. The maximum atomic E-state index is 8.87. The highest BCUT2D eigenvalue weighted by molar-refractivity contribution is 4.76. The molecule has 52 valence electrons. The van der Waals surface area contributed by atoms with Crippen LogP contribution in [-0.2, 0) is 4.74 Å². The molecular weight excluding hydrogens is 116 g/mol. The summed E-state index contributed by atoms with van der Waals surface area (Å²) in [5, 5.41) is 8.87. The second-order valence-electron chi connectivity index (χ2n) is 1.80. The maximum Gasteiger partial charge on any atom is 0.200 e. The van der Waals surface area contributed by atoms with Crippen LogP contribution in [0.25, 0.3) is 0 Å². The van der Waals surface area contributed by atoms with Gasteiger partial charge in [-0.2, -0.15) is 0 Å². The van der Waals surface area contributed by atoms with Gasteiger partial charge in [0, 0.05) is 6.42 Å². The summed E-state index contributed by atoms with van der Waals surface area (Å²) in [6.07, 6.45) is 1.25. The first-order valence-electron chi connectivity index (χ1n) is 2.78. The molecule has 1 unspecified atom stereocenters. The second-order valence-corrected chi connectivity index (χ2v) is 1.80. The van der Waals surface area contributed by atoms with Crippen molar-refractivity contribution in [3.8, 4) is 0 Å². The van der Waals surface area contributed by atoms with Gasteiger partial charge in [-0.15, -0.1) is 6.58 Å². The lowest BCUT2D eigenvalue weighted by Gasteiger charge is -2.09. The monoisotopic (exact) mass is 128 g/mol. The SMILES string of the molecule is C=CCC(O)OC(=C)C. The quantitative estimate of drug-likeness (QED) is 0.352. The Balaban J connectivity index is 3.37. The van der Waals surface area contributed by atoms with Crippen molar-refractivity contribution in [3.63, 3.8) is 0 Å². The molecule has 0 bridgehead atoms. The van der Waals surface area contributed by atoms with Gasteiger partial charge < -0.3 is 9.84 Å². The summed E-state index contributed by atoms with van der Waals surface area (Å²) in [5.41, 5.74) is 0. The third-order valence-corrected chi connectivity index (χ3v) is 0.706. The highest BCUT2D eigenvalue weighted by atomic mass is 16.6. The fraction of sp³-hybridized carbons (Fsp3) is 0.429. The van der Waals surface area contributed by atoms with Crippen molar-refractivity contribution in [2.45, 2.75) is 19.6 Å². The van der Waals surface area contributed by atoms with Crippen LogP contribution in [-0.4, -0.2) is 11.4 Å². The first kappa shape index (κ1) is 8.24. The molecule has 0 aliphatic rings. The Bertz CT molecular complexity index is 107. The smallest absolute Gasteiger partial charge is 0.200 e. The molecule has 0 radical (unpaired) electrons. The van der Waals surface area contributed by atoms with E-state index >= 15 is 0 Å². The zero-order valence-corrected chi connectivity index (χ0v) is 5.63. The Morgan fingerprint density at radius 2 is 2.44 bits per heavy atom. The van der Waals surface area contributed by atoms with E-state index in [-0.39, 0.29) is 0 Å². The van der Waals surface area contributed by atoms with Gasteiger partial charge in [-0.05, 0) is 6.92 Å². The molecular formula is C7H12O2. The van der Waals surface area contributed by atoms with Crippen LogP contribution in [0, 0.1) is 0 Å². The molecule has 1 atom stereocenters. The molecule has 9 heavy (non-hydrogen) atoms. The number of hydrogen-bond donors (Lipinski definition) is 1. The Labute approximate surface area is 55.5 Å². The summed E-state index contributed by atoms with van der Waals surface area (Å²) in [6, 6.07) is 0. The van der Waals surface area contributed by atoms with Gasteiger partial charge in [0.15, 0.2) is 6.29 Å². The lowest BCUT2D eigenvalue weighted by molar-refractivity contribution is -0.0601. The number of ether oxygens (including phenoxy) is 1. The van der Waals surface area contributed by atoms with Crippen molar-refractivity contribution in [3.05, 3.63) is 25.0 Å². The number of aliphatic hydroxyl groups excluding tert-OH is 1. The van der Waals surface area contributed by atoms with Crippen molar-refractivity contribution in [1.29, 1.82) is 0 Å². The van der Waals surface area contributed by atoms with Crippen molar-refractivity contribution >= 4 is 0 Å². The van der Waals surface area contributed by atoms with Crippen molar-refractivity contribution in [2.24, 2.45) is 0 Å². The minimum atomic E-state index is -0.778. The molecule has 0 aromatic heterocycles. The fourth-order valence-corrected chi connectivity index (χ4v) is 0.423. The molecule has 1 N–H and O–H groups in total. The predicted molar refractivity (Wildman–Crippen MR) is 36.7 cm³/mol. The van der Waals surface area contributed by atoms with Crippen LogP contribution in [0.3, 0.4) is 0 Å². The van der Waals surface area contributed by atoms with Gasteiger partial charge in [-0.25, -0.2) is 0 Å². The molecule has 0 rings (SSSR count). The molecule has 0 spiro atoms. The van der Waals surface area contributed by atoms with E-state index in [1.165, 1.54) is 0 Å². The molecule has 0 saturated heterocycles. The summed E-state index contributed by atoms with van der Waals surface area (Å²) in [7, 11) is 0. The number of rotatable bonds is 4. The fourth-order valence-electron chi connectivity index (χ4n) is 0.423. The standard InChI is InChI=1S/C7H12O2/c1-4-5-7(8)9-6(2)3/h4,7-8H,1-2,5H2,3H3. The van der Waals surface area contributed by atoms with Gasteiger partial charge in [0.1, 0.15) is 0 Å². The molecule has 0 aliphatic heterocycles. The lowest BCUT2D eigenvalue weighted by Crippen LogP contribution is -2.08. The second kappa shape index (κ2) is 4.15. The van der Waals surface area contributed by atoms with Gasteiger partial charge in [-0.1, -0.05) is 12.7 Å². The Morgan fingerprint density at radius 3 is 2.78 bits per heavy atom. The average molecular weight is 128 g/mol. The Morgan fingerprint density at radius 1 is 1.89 bits per heavy atom. The van der Waals surface area contributed by atoms with E-state index in [9.17, 15) is 0 Å². The summed E-state index contributed by atoms with van der Waals surface area (Å²) in [4.78, 5) is 0. The van der Waals surface area contributed by atoms with Gasteiger partial charge in [-0.3, -0.25) is 0 Å². The van der Waals surface area contributed by atoms with Gasteiger partial charge in [0.2, 0.25) is 0 Å². The van der Waals surface area contributed by atoms with E-state index < -0.39 is 6.29 Å². The first-order chi connectivity index (χ1) is 4.16. The molecule has 2 nitrogen and oxygen atoms in total. The van der Waals surface area contributed by atoms with Crippen molar-refractivity contribution in [2.75, 3.05) is 0 Å². The minimum Gasteiger partial charge on any atom is -0.470 e. The third kappa shape index (κ3) is 5.11. The van der Waals surface area contributed by atoms with Crippen LogP contribution in [0.1, 0.15) is 13.3 Å². The van der Waals surface area contributed by atoms with Crippen LogP contribution >= 0.6 is 0 Å². The van der Waals surface area contributed by atoms with Crippen LogP contribution in [0.4, 0.5) is 0 Å². The maximum absolute atomic E-state index is 8.87. The number of aliphatic hydroxyl groups is 1. The molecule has 2 heteroatoms. The van der Waals surface area contributed by atoms with E-state index in [0.29, 0.717) is 12.2 Å². The van der Waals surface area contributed by atoms with E-state index in [4.69, 9.17) is 9.84 Å². The molecule has 0 aromatic rings. The topological polar surface area (TPSA) is 29.5 Å². The molecule has 0 heterocycles. The molecule has 0 saturated carbocycles. The van der Waals surface area contributed by atoms with E-state index in [1.54, 1.807) is 13.0 Å². The van der Waals surface area contributed by atoms with Gasteiger partial charge in [0.25, 0.3) is 0 Å². The number of allylic oxidation sites excluding steroid dienone is 1. The minimum absolute atomic E-state index is 0.437. The summed E-state index contributed by atoms with van der Waals surface area (Å²) in [6.45, 7) is 8.59. The molecule has 0 amide bonds. The van der Waals surface area contributed by atoms with Crippen LogP contribution < -0.4 is 0 Å². The summed E-state index contributed by atoms with van der Waals surface area (Å²) in [5.74, 6) is 0.518. The summed E-state index contributed by atoms with van der Waals surface area (Å²) >= 11 is 0. The van der Waals surface area contributed by atoms with Crippen LogP contribution in [0.5, 0.6) is 0 Å². The largest absolute Gasteiger partial charge is 0.470 e. The van der Waals surface area contributed by atoms with E-state index in [1.807, 2.05) is 0 Å². The van der Waals surface area contributed by atoms with Gasteiger partial charge >= 0.3 is 0 Å². The normalized spacial score (nSPS) is 12.2. The Kier molecular flexibility index (Phi) is 3.80. The third-order valence-electron chi connectivity index (χ3n) is 0.706. The lowest BCUT2D eigenvalue weighted by atomic mass is 10.4. The van der Waals surface area contributed by atoms with Crippen LogP contribution in [0.2, 0.25) is 0 Å². The summed E-state index contributed by atoms with van der Waals surface area (Å²) < 4.78 is 4.78. The highest BCUT2D eigenvalue weighted by Crippen LogP contribution is 1.99. The number of hydrogen-bond acceptors (Lipinski definition) is 2. The Hall–Kier alpha value is -0.760. The molecule has 0 fully saturated rings. The van der Waals surface area contributed by atoms with Crippen LogP contribution in [0.15, 0.2) is 25.0 Å². The van der Waals surface area contributed by atoms with Crippen molar-refractivity contribution < 1.29 is 9.84 Å². The van der Waals surface area contributed by atoms with Gasteiger partial charge in [0.05, 0.1) is 5.76 Å². The zero-order valence-electron chi connectivity index (χ0n) is 5.63. The average Bonchev–Trinajstić information content (AvgIpc) is 1.63. The predicted octanol–water partition coefficient (Wildman–Crippen LogP) is 1.43. The van der Waals surface area contributed by atoms with E-state index in [2.05, 4.69) is 13.2 Å². The highest BCUT2D eigenvalue weighted by Gasteiger charge is 1.98.